The fraction of sp³-hybridized carbons (Fsp3) is 0.500. The molecule has 2 atom stereocenters. The summed E-state index contributed by atoms with van der Waals surface area (Å²) in [6.45, 7) is 0.534. The Balaban J connectivity index is 3.07. The number of carbonyl (C=O) groups is 1. The van der Waals surface area contributed by atoms with Gasteiger partial charge in [-0.1, -0.05) is 0 Å². The van der Waals surface area contributed by atoms with Crippen LogP contribution in [0.4, 0.5) is 13.2 Å². The molecule has 3 N–H and O–H groups in total. The molecule has 2 unspecified atom stereocenters. The molecule has 0 radical (unpaired) electrons. The molecule has 1 heterocycles. The van der Waals surface area contributed by atoms with Gasteiger partial charge in [-0.15, -0.1) is 0 Å². The summed E-state index contributed by atoms with van der Waals surface area (Å²) in [4.78, 5) is 14.8. The van der Waals surface area contributed by atoms with Gasteiger partial charge in [-0.05, 0) is 6.92 Å². The summed E-state index contributed by atoms with van der Waals surface area (Å²) < 4.78 is 37.6. The second-order valence-electron chi connectivity index (χ2n) is 3.37. The third-order valence-corrected chi connectivity index (χ3v) is 2.17. The minimum Gasteiger partial charge on any atom is -0.368 e. The summed E-state index contributed by atoms with van der Waals surface area (Å²) in [7, 11) is 0. The molecule has 1 amide bonds. The molecule has 1 aliphatic heterocycles. The number of amides is 1. The normalized spacial score (nSPS) is 24.3. The number of aliphatic imine (C=N–C) groups is 1. The zero-order valence-corrected chi connectivity index (χ0v) is 8.27. The molecule has 0 aromatic heterocycles. The van der Waals surface area contributed by atoms with Gasteiger partial charge in [0.15, 0.2) is 0 Å². The highest BCUT2D eigenvalue weighted by Gasteiger charge is 2.56. The van der Waals surface area contributed by atoms with Crippen LogP contribution in [-0.2, 0) is 4.79 Å². The lowest BCUT2D eigenvalue weighted by molar-refractivity contribution is -0.300. The van der Waals surface area contributed by atoms with E-state index < -0.39 is 23.9 Å². The number of hydrogen-bond donors (Lipinski definition) is 2. The highest BCUT2D eigenvalue weighted by Crippen LogP contribution is 2.34. The lowest BCUT2D eigenvalue weighted by atomic mass is 10.1. The van der Waals surface area contributed by atoms with Gasteiger partial charge in [-0.2, -0.15) is 13.2 Å². The molecule has 1 aliphatic rings. The van der Waals surface area contributed by atoms with Crippen LogP contribution in [0.1, 0.15) is 6.92 Å². The van der Waals surface area contributed by atoms with E-state index in [4.69, 9.17) is 5.73 Å². The van der Waals surface area contributed by atoms with E-state index in [0.717, 1.165) is 18.6 Å². The van der Waals surface area contributed by atoms with Crippen LogP contribution in [0, 0.1) is 0 Å². The van der Waals surface area contributed by atoms with Crippen LogP contribution < -0.4 is 5.73 Å². The maximum absolute atomic E-state index is 12.5. The molecule has 0 aromatic rings. The van der Waals surface area contributed by atoms with E-state index in [2.05, 4.69) is 4.99 Å². The third-order valence-electron chi connectivity index (χ3n) is 2.17. The standard InChI is InChI=1S/C8H10F3N3O2/c1-7(16,8(9,10)11)14-3-2-13-4-5(14)6(12)15/h2-5,16H,1H3,(H2,12,15). The van der Waals surface area contributed by atoms with Crippen molar-refractivity contribution in [1.29, 1.82) is 0 Å². The highest BCUT2D eigenvalue weighted by atomic mass is 19.4. The Morgan fingerprint density at radius 3 is 2.56 bits per heavy atom. The molecule has 0 aromatic carbocycles. The average molecular weight is 237 g/mol. The highest BCUT2D eigenvalue weighted by molar-refractivity contribution is 5.97. The van der Waals surface area contributed by atoms with E-state index in [1.165, 1.54) is 0 Å². The van der Waals surface area contributed by atoms with Crippen LogP contribution in [0.2, 0.25) is 0 Å². The van der Waals surface area contributed by atoms with Crippen molar-refractivity contribution in [3.8, 4) is 0 Å². The molecule has 0 saturated heterocycles. The molecule has 0 spiro atoms. The molecule has 5 nitrogen and oxygen atoms in total. The number of nitrogens with two attached hydrogens (primary N) is 1. The van der Waals surface area contributed by atoms with Gasteiger partial charge in [0, 0.05) is 18.6 Å². The summed E-state index contributed by atoms with van der Waals surface area (Å²) >= 11 is 0. The predicted molar refractivity (Wildman–Crippen MR) is 49.1 cm³/mol. The number of alkyl halides is 3. The number of aliphatic hydroxyl groups is 1. The summed E-state index contributed by atoms with van der Waals surface area (Å²) in [5, 5.41) is 9.38. The van der Waals surface area contributed by atoms with E-state index in [0.29, 0.717) is 11.8 Å². The number of hydrogen-bond acceptors (Lipinski definition) is 4. The van der Waals surface area contributed by atoms with Gasteiger partial charge < -0.3 is 15.7 Å². The summed E-state index contributed by atoms with van der Waals surface area (Å²) in [6.07, 6.45) is -2.10. The lowest BCUT2D eigenvalue weighted by Gasteiger charge is -2.40. The van der Waals surface area contributed by atoms with Crippen molar-refractivity contribution in [2.24, 2.45) is 10.7 Å². The fourth-order valence-corrected chi connectivity index (χ4v) is 1.18. The minimum atomic E-state index is -4.92. The zero-order chi connectivity index (χ0) is 12.6. The molecule has 8 heteroatoms. The van der Waals surface area contributed by atoms with E-state index >= 15 is 0 Å². The van der Waals surface area contributed by atoms with Crippen LogP contribution in [0.3, 0.4) is 0 Å². The number of nitrogens with zero attached hydrogens (tertiary/aromatic N) is 2. The summed E-state index contributed by atoms with van der Waals surface area (Å²) in [5.41, 5.74) is 1.73. The van der Waals surface area contributed by atoms with Crippen LogP contribution in [0.5, 0.6) is 0 Å². The third kappa shape index (κ3) is 2.01. The van der Waals surface area contributed by atoms with Crippen molar-refractivity contribution in [3.05, 3.63) is 12.4 Å². The molecule has 90 valence electrons. The second kappa shape index (κ2) is 3.78. The molecular formula is C8H10F3N3O2. The van der Waals surface area contributed by atoms with Gasteiger partial charge in [0.25, 0.3) is 0 Å². The van der Waals surface area contributed by atoms with Crippen molar-refractivity contribution in [3.63, 3.8) is 0 Å². The Kier molecular flexibility index (Phi) is 2.95. The SMILES string of the molecule is CC(O)(N1C=CN=CC1C(N)=O)C(F)(F)F. The Labute approximate surface area is 89.0 Å². The molecule has 0 bridgehead atoms. The number of rotatable bonds is 2. The predicted octanol–water partition coefficient (Wildman–Crippen LogP) is -0.0313. The first kappa shape index (κ1) is 12.5. The largest absolute Gasteiger partial charge is 0.436 e. The minimum absolute atomic E-state index is 0.405. The van der Waals surface area contributed by atoms with Crippen molar-refractivity contribution < 1.29 is 23.1 Å². The topological polar surface area (TPSA) is 78.9 Å². The van der Waals surface area contributed by atoms with E-state index in [1.807, 2.05) is 0 Å². The first-order valence-electron chi connectivity index (χ1n) is 4.25. The van der Waals surface area contributed by atoms with Crippen LogP contribution >= 0.6 is 0 Å². The number of halogens is 3. The first-order chi connectivity index (χ1) is 7.18. The Bertz CT molecular complexity index is 349. The maximum atomic E-state index is 12.5. The molecular weight excluding hydrogens is 227 g/mol. The number of carbonyl (C=O) groups excluding carboxylic acids is 1. The monoisotopic (exact) mass is 237 g/mol. The number of primary amides is 1. The van der Waals surface area contributed by atoms with E-state index in [9.17, 15) is 23.1 Å². The van der Waals surface area contributed by atoms with Gasteiger partial charge in [-0.25, -0.2) is 0 Å². The zero-order valence-electron chi connectivity index (χ0n) is 8.27. The molecule has 16 heavy (non-hydrogen) atoms. The summed E-state index contributed by atoms with van der Waals surface area (Å²) in [6, 6.07) is -1.43. The second-order valence-corrected chi connectivity index (χ2v) is 3.37. The smallest absolute Gasteiger partial charge is 0.368 e. The molecule has 0 fully saturated rings. The summed E-state index contributed by atoms with van der Waals surface area (Å²) in [5.74, 6) is -1.03. The quantitative estimate of drug-likeness (QED) is 0.707. The van der Waals surface area contributed by atoms with Gasteiger partial charge in [0.05, 0.1) is 0 Å². The molecule has 0 aliphatic carbocycles. The fourth-order valence-electron chi connectivity index (χ4n) is 1.18. The Morgan fingerprint density at radius 2 is 2.12 bits per heavy atom. The Morgan fingerprint density at radius 1 is 1.56 bits per heavy atom. The van der Waals surface area contributed by atoms with Gasteiger partial charge in [0.2, 0.25) is 11.6 Å². The van der Waals surface area contributed by atoms with Crippen LogP contribution in [0.15, 0.2) is 17.4 Å². The average Bonchev–Trinajstić information content (AvgIpc) is 2.16. The molecule has 1 rings (SSSR count). The lowest BCUT2D eigenvalue weighted by Crippen LogP contribution is -2.61. The van der Waals surface area contributed by atoms with Crippen molar-refractivity contribution in [2.45, 2.75) is 24.9 Å². The molecule has 0 saturated carbocycles. The van der Waals surface area contributed by atoms with Crippen LogP contribution in [-0.4, -0.2) is 40.1 Å². The van der Waals surface area contributed by atoms with Crippen LogP contribution in [0.25, 0.3) is 0 Å². The van der Waals surface area contributed by atoms with E-state index in [1.54, 1.807) is 0 Å². The Hall–Kier alpha value is -1.57. The van der Waals surface area contributed by atoms with Crippen molar-refractivity contribution in [2.75, 3.05) is 0 Å². The van der Waals surface area contributed by atoms with Gasteiger partial charge in [-0.3, -0.25) is 9.79 Å². The van der Waals surface area contributed by atoms with Gasteiger partial charge in [0.1, 0.15) is 6.04 Å². The van der Waals surface area contributed by atoms with Crippen molar-refractivity contribution >= 4 is 12.1 Å². The maximum Gasteiger partial charge on any atom is 0.436 e. The van der Waals surface area contributed by atoms with Crippen molar-refractivity contribution in [1.82, 2.24) is 4.90 Å². The van der Waals surface area contributed by atoms with E-state index in [-0.39, 0.29) is 0 Å². The first-order valence-corrected chi connectivity index (χ1v) is 4.25. The van der Waals surface area contributed by atoms with Gasteiger partial charge >= 0.3 is 6.18 Å².